The van der Waals surface area contributed by atoms with Crippen molar-refractivity contribution in [2.24, 2.45) is 4.99 Å². The van der Waals surface area contributed by atoms with E-state index >= 15 is 0 Å². The van der Waals surface area contributed by atoms with Gasteiger partial charge in [-0.05, 0) is 29.3 Å². The molecule has 0 spiro atoms. The van der Waals surface area contributed by atoms with Crippen LogP contribution in [-0.2, 0) is 16.1 Å². The average Bonchev–Trinajstić information content (AvgIpc) is 2.92. The molecule has 110 valence electrons. The number of benzene rings is 2. The summed E-state index contributed by atoms with van der Waals surface area (Å²) in [7, 11) is 0. The molecule has 0 N–H and O–H groups in total. The number of esters is 1. The molecule has 0 fully saturated rings. The third-order valence-corrected chi connectivity index (χ3v) is 3.05. The van der Waals surface area contributed by atoms with E-state index in [-0.39, 0.29) is 17.6 Å². The first-order valence-corrected chi connectivity index (χ1v) is 6.89. The average molecular weight is 294 g/mol. The van der Waals surface area contributed by atoms with Crippen molar-refractivity contribution in [1.29, 1.82) is 0 Å². The molecule has 0 atom stereocenters. The van der Waals surface area contributed by atoms with Crippen molar-refractivity contribution in [3.8, 4) is 5.75 Å². The van der Waals surface area contributed by atoms with Crippen LogP contribution in [0.2, 0.25) is 0 Å². The molecule has 22 heavy (non-hydrogen) atoms. The summed E-state index contributed by atoms with van der Waals surface area (Å²) in [4.78, 5) is 15.6. The maximum absolute atomic E-state index is 11.6. The van der Waals surface area contributed by atoms with Crippen LogP contribution in [-0.4, -0.2) is 11.9 Å². The second-order valence-electron chi connectivity index (χ2n) is 4.80. The second-order valence-corrected chi connectivity index (χ2v) is 4.80. The van der Waals surface area contributed by atoms with Gasteiger partial charge in [0.25, 0.3) is 0 Å². The zero-order valence-electron chi connectivity index (χ0n) is 13.1. The van der Waals surface area contributed by atoms with Gasteiger partial charge in [0.2, 0.25) is 0 Å². The fourth-order valence-electron chi connectivity index (χ4n) is 2.03. The molecule has 0 saturated carbocycles. The Morgan fingerprint density at radius 1 is 1.23 bits per heavy atom. The van der Waals surface area contributed by atoms with Crippen molar-refractivity contribution in [3.63, 3.8) is 0 Å². The van der Waals surface area contributed by atoms with E-state index in [0.717, 1.165) is 5.56 Å². The van der Waals surface area contributed by atoms with Crippen LogP contribution in [0.25, 0.3) is 6.05 Å². The maximum atomic E-state index is 11.6. The molecule has 1 aliphatic rings. The summed E-state index contributed by atoms with van der Waals surface area (Å²) < 4.78 is 18.7. The van der Waals surface area contributed by atoms with Crippen LogP contribution in [0.5, 0.6) is 5.75 Å². The monoisotopic (exact) mass is 294 g/mol. The fraction of sp³-hybridized carbons (Fsp3) is 0.111. The summed E-state index contributed by atoms with van der Waals surface area (Å²) in [6.45, 7) is 2.02. The van der Waals surface area contributed by atoms with Crippen LogP contribution in [0, 0.1) is 0 Å². The Hall–Kier alpha value is -2.88. The summed E-state index contributed by atoms with van der Waals surface area (Å²) in [5.41, 5.74) is 1.63. The highest BCUT2D eigenvalue weighted by atomic mass is 16.6. The van der Waals surface area contributed by atoms with Gasteiger partial charge in [-0.3, -0.25) is 0 Å². The predicted octanol–water partition coefficient (Wildman–Crippen LogP) is 3.58. The smallest absolute Gasteiger partial charge is 0.363 e. The first-order valence-electron chi connectivity index (χ1n) is 7.39. The van der Waals surface area contributed by atoms with Crippen molar-refractivity contribution in [3.05, 3.63) is 71.4 Å². The highest BCUT2D eigenvalue weighted by molar-refractivity contribution is 6.06. The van der Waals surface area contributed by atoms with Crippen molar-refractivity contribution in [2.45, 2.75) is 13.5 Å². The van der Waals surface area contributed by atoms with Crippen molar-refractivity contribution in [2.75, 3.05) is 0 Å². The minimum atomic E-state index is -0.594. The molecule has 0 saturated heterocycles. The highest BCUT2D eigenvalue weighted by Gasteiger charge is 2.19. The van der Waals surface area contributed by atoms with Crippen LogP contribution in [0.15, 0.2) is 65.3 Å². The van der Waals surface area contributed by atoms with Crippen LogP contribution in [0.4, 0.5) is 0 Å². The van der Waals surface area contributed by atoms with Gasteiger partial charge in [-0.2, -0.15) is 0 Å². The predicted molar refractivity (Wildman–Crippen MR) is 84.4 cm³/mol. The van der Waals surface area contributed by atoms with Crippen LogP contribution in [0.3, 0.4) is 0 Å². The molecule has 0 amide bonds. The molecule has 4 nitrogen and oxygen atoms in total. The van der Waals surface area contributed by atoms with E-state index in [9.17, 15) is 4.79 Å². The molecule has 0 radical (unpaired) electrons. The van der Waals surface area contributed by atoms with Crippen molar-refractivity contribution < 1.29 is 15.6 Å². The molecule has 2 aromatic carbocycles. The standard InChI is InChI=1S/C18H15NO3/c1-13-19-17(18(20)22-13)11-15-8-5-9-16(10-15)21-12-14-6-3-2-4-7-14/h2-11H,12H2,1H3/i11D. The van der Waals surface area contributed by atoms with Crippen molar-refractivity contribution >= 4 is 17.9 Å². The van der Waals surface area contributed by atoms with E-state index in [1.165, 1.54) is 0 Å². The zero-order valence-corrected chi connectivity index (χ0v) is 12.1. The van der Waals surface area contributed by atoms with Gasteiger partial charge in [-0.15, -0.1) is 0 Å². The lowest BCUT2D eigenvalue weighted by molar-refractivity contribution is -0.130. The first-order chi connectivity index (χ1) is 11.1. The van der Waals surface area contributed by atoms with E-state index in [1.54, 1.807) is 25.1 Å². The highest BCUT2D eigenvalue weighted by Crippen LogP contribution is 2.20. The Bertz CT molecular complexity index is 797. The second kappa shape index (κ2) is 6.26. The Labute approximate surface area is 130 Å². The molecule has 1 aliphatic heterocycles. The minimum Gasteiger partial charge on any atom is -0.489 e. The van der Waals surface area contributed by atoms with Gasteiger partial charge in [0, 0.05) is 6.92 Å². The number of aliphatic imine (C=N–C) groups is 1. The zero-order chi connectivity index (χ0) is 16.2. The number of carbonyl (C=O) groups is 1. The van der Waals surface area contributed by atoms with Gasteiger partial charge in [-0.1, -0.05) is 42.5 Å². The number of rotatable bonds is 4. The van der Waals surface area contributed by atoms with Gasteiger partial charge in [0.05, 0.1) is 1.37 Å². The first kappa shape index (κ1) is 12.8. The molecule has 0 aromatic heterocycles. The van der Waals surface area contributed by atoms with Crippen LogP contribution < -0.4 is 4.74 Å². The number of nitrogens with zero attached hydrogens (tertiary/aromatic N) is 1. The van der Waals surface area contributed by atoms with Gasteiger partial charge in [0.1, 0.15) is 12.4 Å². The van der Waals surface area contributed by atoms with E-state index < -0.39 is 5.97 Å². The molecule has 3 rings (SSSR count). The number of hydrogen-bond acceptors (Lipinski definition) is 4. The summed E-state index contributed by atoms with van der Waals surface area (Å²) in [6.07, 6.45) is 0. The lowest BCUT2D eigenvalue weighted by atomic mass is 10.2. The van der Waals surface area contributed by atoms with E-state index in [2.05, 4.69) is 4.99 Å². The molecule has 0 bridgehead atoms. The van der Waals surface area contributed by atoms with Gasteiger partial charge in [-0.25, -0.2) is 9.79 Å². The molecule has 4 heteroatoms. The van der Waals surface area contributed by atoms with E-state index in [4.69, 9.17) is 10.8 Å². The third-order valence-electron chi connectivity index (χ3n) is 3.05. The summed E-state index contributed by atoms with van der Waals surface area (Å²) in [5.74, 6) is 0.290. The maximum Gasteiger partial charge on any atom is 0.363 e. The number of hydrogen-bond donors (Lipinski definition) is 0. The molecule has 0 aliphatic carbocycles. The van der Waals surface area contributed by atoms with Crippen LogP contribution in [0.1, 0.15) is 19.4 Å². The Balaban J connectivity index is 1.80. The SMILES string of the molecule is [2H]C(=C1N=C(C)OC1=O)c1cccc(OCc2ccccc2)c1. The Kier molecular flexibility index (Phi) is 3.65. The number of carbonyl (C=O) groups excluding carboxylic acids is 1. The van der Waals surface area contributed by atoms with Gasteiger partial charge < -0.3 is 9.47 Å². The largest absolute Gasteiger partial charge is 0.489 e. The van der Waals surface area contributed by atoms with Gasteiger partial charge in [0.15, 0.2) is 11.6 Å². The normalized spacial score (nSPS) is 16.7. The lowest BCUT2D eigenvalue weighted by Crippen LogP contribution is -1.99. The van der Waals surface area contributed by atoms with Gasteiger partial charge >= 0.3 is 5.97 Å². The summed E-state index contributed by atoms with van der Waals surface area (Å²) in [5, 5.41) is 0. The Morgan fingerprint density at radius 3 is 2.77 bits per heavy atom. The topological polar surface area (TPSA) is 47.9 Å². The molecule has 2 aromatic rings. The molecule has 0 unspecified atom stereocenters. The molecule has 1 heterocycles. The lowest BCUT2D eigenvalue weighted by Gasteiger charge is -2.07. The summed E-state index contributed by atoms with van der Waals surface area (Å²) in [6, 6.07) is 16.9. The van der Waals surface area contributed by atoms with E-state index in [1.807, 2.05) is 36.4 Å². The Morgan fingerprint density at radius 2 is 2.05 bits per heavy atom. The van der Waals surface area contributed by atoms with Crippen LogP contribution >= 0.6 is 0 Å². The number of cyclic esters (lactones) is 1. The minimum absolute atomic E-state index is 0.0164. The number of ether oxygens (including phenoxy) is 2. The van der Waals surface area contributed by atoms with E-state index in [0.29, 0.717) is 17.9 Å². The quantitative estimate of drug-likeness (QED) is 0.639. The molecular weight excluding hydrogens is 278 g/mol. The molecular formula is C18H15NO3. The van der Waals surface area contributed by atoms with Crippen molar-refractivity contribution in [1.82, 2.24) is 0 Å². The third kappa shape index (κ3) is 3.41. The summed E-state index contributed by atoms with van der Waals surface area (Å²) >= 11 is 0. The fourth-order valence-corrected chi connectivity index (χ4v) is 2.03.